The largest absolute Gasteiger partial charge is 0.416 e. The maximum absolute atomic E-state index is 13.6. The minimum Gasteiger partial charge on any atom is -0.322 e. The fraction of sp³-hybridized carbons (Fsp3) is 0.136. The summed E-state index contributed by atoms with van der Waals surface area (Å²) in [5.74, 6) is -0.856. The SMILES string of the molecule is Cc1cc(F)ccc1N1CN(c2cccc(Br)c2)C(=O)c2ccc(C(F)(F)F)cc21. The van der Waals surface area contributed by atoms with Gasteiger partial charge < -0.3 is 4.90 Å². The first-order valence-corrected chi connectivity index (χ1v) is 9.77. The highest BCUT2D eigenvalue weighted by atomic mass is 79.9. The molecule has 0 N–H and O–H groups in total. The molecule has 0 aromatic heterocycles. The van der Waals surface area contributed by atoms with Gasteiger partial charge in [-0.05, 0) is 67.1 Å². The van der Waals surface area contributed by atoms with E-state index >= 15 is 0 Å². The molecule has 1 aliphatic rings. The lowest BCUT2D eigenvalue weighted by molar-refractivity contribution is -0.137. The van der Waals surface area contributed by atoms with E-state index in [9.17, 15) is 22.4 Å². The Morgan fingerprint density at radius 2 is 1.70 bits per heavy atom. The van der Waals surface area contributed by atoms with Gasteiger partial charge in [0.1, 0.15) is 12.5 Å². The first kappa shape index (κ1) is 20.4. The lowest BCUT2D eigenvalue weighted by Crippen LogP contribution is -2.45. The molecular formula is C22H15BrF4N2O. The van der Waals surface area contributed by atoms with E-state index in [4.69, 9.17) is 0 Å². The number of aryl methyl sites for hydroxylation is 1. The van der Waals surface area contributed by atoms with Gasteiger partial charge in [-0.3, -0.25) is 9.69 Å². The van der Waals surface area contributed by atoms with Crippen LogP contribution in [-0.2, 0) is 6.18 Å². The highest BCUT2D eigenvalue weighted by Gasteiger charge is 2.36. The third-order valence-electron chi connectivity index (χ3n) is 4.94. The molecule has 0 radical (unpaired) electrons. The summed E-state index contributed by atoms with van der Waals surface area (Å²) in [4.78, 5) is 16.2. The molecule has 0 unspecified atom stereocenters. The van der Waals surface area contributed by atoms with Gasteiger partial charge in [-0.15, -0.1) is 0 Å². The summed E-state index contributed by atoms with van der Waals surface area (Å²) >= 11 is 3.37. The second-order valence-corrected chi connectivity index (χ2v) is 7.86. The molecule has 0 bridgehead atoms. The van der Waals surface area contributed by atoms with Crippen molar-refractivity contribution in [2.75, 3.05) is 16.5 Å². The van der Waals surface area contributed by atoms with E-state index in [1.54, 1.807) is 30.0 Å². The molecule has 0 saturated carbocycles. The number of anilines is 3. The summed E-state index contributed by atoms with van der Waals surface area (Å²) in [5, 5.41) is 0. The normalized spacial score (nSPS) is 14.1. The smallest absolute Gasteiger partial charge is 0.322 e. The van der Waals surface area contributed by atoms with Crippen LogP contribution in [-0.4, -0.2) is 12.6 Å². The van der Waals surface area contributed by atoms with Gasteiger partial charge in [0.15, 0.2) is 0 Å². The number of hydrogen-bond acceptors (Lipinski definition) is 2. The number of carbonyl (C=O) groups excluding carboxylic acids is 1. The van der Waals surface area contributed by atoms with Crippen LogP contribution >= 0.6 is 15.9 Å². The monoisotopic (exact) mass is 478 g/mol. The molecule has 0 spiro atoms. The first-order chi connectivity index (χ1) is 14.1. The number of nitrogens with zero attached hydrogens (tertiary/aromatic N) is 2. The fourth-order valence-corrected chi connectivity index (χ4v) is 3.90. The molecule has 1 aliphatic heterocycles. The van der Waals surface area contributed by atoms with Gasteiger partial charge in [0.05, 0.1) is 16.8 Å². The summed E-state index contributed by atoms with van der Waals surface area (Å²) in [5.41, 5.74) is 1.07. The van der Waals surface area contributed by atoms with E-state index in [1.807, 2.05) is 6.07 Å². The molecule has 4 rings (SSSR count). The Balaban J connectivity index is 1.91. The van der Waals surface area contributed by atoms with Gasteiger partial charge in [-0.1, -0.05) is 22.0 Å². The van der Waals surface area contributed by atoms with Crippen LogP contribution in [0.1, 0.15) is 21.5 Å². The van der Waals surface area contributed by atoms with Crippen molar-refractivity contribution in [3.05, 3.63) is 87.6 Å². The quantitative estimate of drug-likeness (QED) is 0.384. The second kappa shape index (κ2) is 7.43. The number of alkyl halides is 3. The van der Waals surface area contributed by atoms with Crippen LogP contribution in [0.3, 0.4) is 0 Å². The molecule has 0 aliphatic carbocycles. The Labute approximate surface area is 178 Å². The van der Waals surface area contributed by atoms with Crippen LogP contribution in [0.15, 0.2) is 65.1 Å². The van der Waals surface area contributed by atoms with Crippen molar-refractivity contribution < 1.29 is 22.4 Å². The number of fused-ring (bicyclic) bond motifs is 1. The van der Waals surface area contributed by atoms with Gasteiger partial charge in [0.2, 0.25) is 0 Å². The highest BCUT2D eigenvalue weighted by Crippen LogP contribution is 2.41. The van der Waals surface area contributed by atoms with Crippen molar-refractivity contribution in [2.45, 2.75) is 13.1 Å². The summed E-state index contributed by atoms with van der Waals surface area (Å²) < 4.78 is 54.4. The van der Waals surface area contributed by atoms with Crippen molar-refractivity contribution in [3.8, 4) is 0 Å². The summed E-state index contributed by atoms with van der Waals surface area (Å²) in [6.45, 7) is 1.65. The molecule has 0 atom stereocenters. The zero-order valence-corrected chi connectivity index (χ0v) is 17.3. The van der Waals surface area contributed by atoms with Crippen LogP contribution in [0, 0.1) is 12.7 Å². The molecule has 1 amide bonds. The van der Waals surface area contributed by atoms with Gasteiger partial charge in [0, 0.05) is 15.8 Å². The van der Waals surface area contributed by atoms with Crippen molar-refractivity contribution in [2.24, 2.45) is 0 Å². The summed E-state index contributed by atoms with van der Waals surface area (Å²) in [6, 6.07) is 14.2. The number of amides is 1. The Bertz CT molecular complexity index is 1150. The van der Waals surface area contributed by atoms with E-state index in [-0.39, 0.29) is 17.9 Å². The number of hydrogen-bond donors (Lipinski definition) is 0. The van der Waals surface area contributed by atoms with Crippen LogP contribution < -0.4 is 9.80 Å². The maximum Gasteiger partial charge on any atom is 0.416 e. The van der Waals surface area contributed by atoms with Crippen molar-refractivity contribution >= 4 is 38.9 Å². The third-order valence-corrected chi connectivity index (χ3v) is 5.44. The van der Waals surface area contributed by atoms with Crippen molar-refractivity contribution in [3.63, 3.8) is 0 Å². The van der Waals surface area contributed by atoms with Crippen LogP contribution in [0.5, 0.6) is 0 Å². The van der Waals surface area contributed by atoms with Crippen LogP contribution in [0.25, 0.3) is 0 Å². The van der Waals surface area contributed by atoms with Crippen molar-refractivity contribution in [1.29, 1.82) is 0 Å². The number of carbonyl (C=O) groups is 1. The predicted molar refractivity (Wildman–Crippen MR) is 111 cm³/mol. The molecule has 8 heteroatoms. The molecule has 0 saturated heterocycles. The number of halogens is 5. The standard InChI is InChI=1S/C22H15BrF4N2O/c1-13-9-16(24)6-8-19(13)29-12-28(17-4-2-3-15(23)11-17)21(30)18-7-5-14(10-20(18)29)22(25,26)27/h2-11H,12H2,1H3. The minimum atomic E-state index is -4.55. The molecule has 0 fully saturated rings. The Hall–Kier alpha value is -2.87. The van der Waals surface area contributed by atoms with E-state index < -0.39 is 23.5 Å². The molecule has 154 valence electrons. The number of benzene rings is 3. The molecule has 3 aromatic rings. The molecule has 30 heavy (non-hydrogen) atoms. The molecular weight excluding hydrogens is 464 g/mol. The number of rotatable bonds is 2. The van der Waals surface area contributed by atoms with Crippen molar-refractivity contribution in [1.82, 2.24) is 0 Å². The third kappa shape index (κ3) is 3.67. The molecule has 1 heterocycles. The Morgan fingerprint density at radius 1 is 0.933 bits per heavy atom. The van der Waals surface area contributed by atoms with Crippen LogP contribution in [0.2, 0.25) is 0 Å². The fourth-order valence-electron chi connectivity index (χ4n) is 3.51. The highest BCUT2D eigenvalue weighted by molar-refractivity contribution is 9.10. The maximum atomic E-state index is 13.6. The minimum absolute atomic E-state index is 0.0178. The Morgan fingerprint density at radius 3 is 2.37 bits per heavy atom. The average Bonchev–Trinajstić information content (AvgIpc) is 2.68. The van der Waals surface area contributed by atoms with Gasteiger partial charge in [-0.25, -0.2) is 4.39 Å². The zero-order chi connectivity index (χ0) is 21.6. The molecule has 3 nitrogen and oxygen atoms in total. The molecule has 3 aromatic carbocycles. The lowest BCUT2D eigenvalue weighted by Gasteiger charge is -2.39. The summed E-state index contributed by atoms with van der Waals surface area (Å²) in [6.07, 6.45) is -4.55. The van der Waals surface area contributed by atoms with Gasteiger partial charge in [0.25, 0.3) is 5.91 Å². The topological polar surface area (TPSA) is 23.6 Å². The summed E-state index contributed by atoms with van der Waals surface area (Å²) in [7, 11) is 0. The zero-order valence-electron chi connectivity index (χ0n) is 15.7. The Kier molecular flexibility index (Phi) is 5.05. The second-order valence-electron chi connectivity index (χ2n) is 6.94. The van der Waals surface area contributed by atoms with E-state index in [1.165, 1.54) is 29.2 Å². The first-order valence-electron chi connectivity index (χ1n) is 8.97. The van der Waals surface area contributed by atoms with Gasteiger partial charge in [-0.2, -0.15) is 13.2 Å². The van der Waals surface area contributed by atoms with Crippen LogP contribution in [0.4, 0.5) is 34.6 Å². The van der Waals surface area contributed by atoms with E-state index in [2.05, 4.69) is 15.9 Å². The van der Waals surface area contributed by atoms with E-state index in [0.29, 0.717) is 16.9 Å². The van der Waals surface area contributed by atoms with Gasteiger partial charge >= 0.3 is 6.18 Å². The average molecular weight is 479 g/mol. The van der Waals surface area contributed by atoms with E-state index in [0.717, 1.165) is 16.6 Å². The predicted octanol–water partition coefficient (Wildman–Crippen LogP) is 6.67. The lowest BCUT2D eigenvalue weighted by atomic mass is 10.0.